The molecule has 0 saturated carbocycles. The van der Waals surface area contributed by atoms with Crippen molar-refractivity contribution >= 4 is 5.69 Å². The summed E-state index contributed by atoms with van der Waals surface area (Å²) in [5.41, 5.74) is 5.22. The number of rotatable bonds is 6. The Kier molecular flexibility index (Phi) is 6.11. The van der Waals surface area contributed by atoms with Crippen molar-refractivity contribution in [3.8, 4) is 11.1 Å². The molecule has 0 bridgehead atoms. The Morgan fingerprint density at radius 3 is 2.44 bits per heavy atom. The molecule has 25 heavy (non-hydrogen) atoms. The largest absolute Gasteiger partial charge is 0.383 e. The van der Waals surface area contributed by atoms with E-state index in [4.69, 9.17) is 4.74 Å². The lowest BCUT2D eigenvalue weighted by Crippen LogP contribution is -2.46. The van der Waals surface area contributed by atoms with Crippen LogP contribution < -0.4 is 10.2 Å². The first-order valence-corrected chi connectivity index (χ1v) is 9.33. The van der Waals surface area contributed by atoms with Crippen molar-refractivity contribution in [2.45, 2.75) is 38.8 Å². The monoisotopic (exact) mass is 338 g/mol. The molecule has 0 unspecified atom stereocenters. The van der Waals surface area contributed by atoms with E-state index >= 15 is 0 Å². The van der Waals surface area contributed by atoms with Crippen LogP contribution in [0.1, 0.15) is 25.3 Å². The van der Waals surface area contributed by atoms with E-state index in [9.17, 15) is 0 Å². The maximum absolute atomic E-state index is 5.22. The van der Waals surface area contributed by atoms with E-state index in [-0.39, 0.29) is 0 Å². The van der Waals surface area contributed by atoms with Crippen LogP contribution in [-0.4, -0.2) is 38.9 Å². The molecular weight excluding hydrogens is 308 g/mol. The predicted octanol–water partition coefficient (Wildman–Crippen LogP) is 4.26. The van der Waals surface area contributed by atoms with E-state index < -0.39 is 0 Å². The molecule has 134 valence electrons. The molecule has 1 fully saturated rings. The maximum Gasteiger partial charge on any atom is 0.0613 e. The van der Waals surface area contributed by atoms with Gasteiger partial charge in [-0.2, -0.15) is 0 Å². The average Bonchev–Trinajstić information content (AvgIpc) is 2.63. The highest BCUT2D eigenvalue weighted by Crippen LogP contribution is 2.25. The van der Waals surface area contributed by atoms with Gasteiger partial charge in [-0.15, -0.1) is 0 Å². The molecule has 2 aromatic carbocycles. The fraction of sp³-hybridized carbons (Fsp3) is 0.455. The van der Waals surface area contributed by atoms with Crippen LogP contribution in [0.2, 0.25) is 0 Å². The highest BCUT2D eigenvalue weighted by Gasteiger charge is 2.20. The van der Waals surface area contributed by atoms with Crippen molar-refractivity contribution in [1.82, 2.24) is 5.32 Å². The quantitative estimate of drug-likeness (QED) is 0.852. The minimum absolute atomic E-state index is 0.426. The smallest absolute Gasteiger partial charge is 0.0613 e. The second-order valence-corrected chi connectivity index (χ2v) is 7.20. The Morgan fingerprint density at radius 1 is 1.08 bits per heavy atom. The van der Waals surface area contributed by atoms with Crippen molar-refractivity contribution in [1.29, 1.82) is 0 Å². The first-order chi connectivity index (χ1) is 12.2. The van der Waals surface area contributed by atoms with Gasteiger partial charge in [0, 0.05) is 38.0 Å². The fourth-order valence-corrected chi connectivity index (χ4v) is 3.69. The molecule has 1 aliphatic heterocycles. The van der Waals surface area contributed by atoms with Crippen LogP contribution in [0, 0.1) is 6.92 Å². The van der Waals surface area contributed by atoms with Gasteiger partial charge in [-0.05, 0) is 49.9 Å². The van der Waals surface area contributed by atoms with E-state index in [1.54, 1.807) is 7.11 Å². The number of ether oxygens (including phenoxy) is 1. The summed E-state index contributed by atoms with van der Waals surface area (Å²) in [4.78, 5) is 2.50. The van der Waals surface area contributed by atoms with Crippen LogP contribution in [0.5, 0.6) is 0 Å². The molecule has 0 aromatic heterocycles. The lowest BCUT2D eigenvalue weighted by molar-refractivity contribution is 0.163. The predicted molar refractivity (Wildman–Crippen MR) is 106 cm³/mol. The van der Waals surface area contributed by atoms with Gasteiger partial charge in [-0.25, -0.2) is 0 Å². The van der Waals surface area contributed by atoms with Gasteiger partial charge < -0.3 is 15.0 Å². The minimum Gasteiger partial charge on any atom is -0.383 e. The van der Waals surface area contributed by atoms with Crippen LogP contribution in [0.25, 0.3) is 11.1 Å². The third-order valence-electron chi connectivity index (χ3n) is 5.02. The van der Waals surface area contributed by atoms with Crippen molar-refractivity contribution in [3.05, 3.63) is 54.1 Å². The Bertz CT molecular complexity index is 660. The van der Waals surface area contributed by atoms with Crippen LogP contribution in [0.15, 0.2) is 48.5 Å². The third-order valence-corrected chi connectivity index (χ3v) is 5.02. The van der Waals surface area contributed by atoms with Gasteiger partial charge in [-0.1, -0.05) is 42.0 Å². The Balaban J connectivity index is 1.57. The summed E-state index contributed by atoms with van der Waals surface area (Å²) in [6.07, 6.45) is 2.38. The maximum atomic E-state index is 5.22. The van der Waals surface area contributed by atoms with Crippen LogP contribution in [0.3, 0.4) is 0 Å². The second kappa shape index (κ2) is 8.50. The highest BCUT2D eigenvalue weighted by molar-refractivity contribution is 5.67. The molecule has 1 aliphatic rings. The third kappa shape index (κ3) is 4.83. The van der Waals surface area contributed by atoms with Gasteiger partial charge in [0.05, 0.1) is 6.61 Å². The van der Waals surface area contributed by atoms with E-state index in [0.29, 0.717) is 12.1 Å². The zero-order chi connectivity index (χ0) is 17.6. The molecule has 3 heteroatoms. The van der Waals surface area contributed by atoms with E-state index in [0.717, 1.165) is 19.7 Å². The number of piperidine rings is 1. The molecule has 0 radical (unpaired) electrons. The van der Waals surface area contributed by atoms with Gasteiger partial charge in [-0.3, -0.25) is 0 Å². The zero-order valence-electron chi connectivity index (χ0n) is 15.7. The number of benzene rings is 2. The second-order valence-electron chi connectivity index (χ2n) is 7.20. The van der Waals surface area contributed by atoms with E-state index in [1.807, 2.05) is 0 Å². The number of hydrogen-bond acceptors (Lipinski definition) is 3. The molecule has 0 aliphatic carbocycles. The molecule has 3 rings (SSSR count). The highest BCUT2D eigenvalue weighted by atomic mass is 16.5. The number of nitrogens with one attached hydrogen (secondary N) is 1. The molecule has 0 spiro atoms. The van der Waals surface area contributed by atoms with Crippen LogP contribution in [0.4, 0.5) is 5.69 Å². The van der Waals surface area contributed by atoms with Crippen molar-refractivity contribution in [3.63, 3.8) is 0 Å². The Morgan fingerprint density at radius 2 is 1.80 bits per heavy atom. The lowest BCUT2D eigenvalue weighted by atomic mass is 10.0. The molecule has 2 aromatic rings. The Labute approximate surface area is 152 Å². The van der Waals surface area contributed by atoms with Gasteiger partial charge in [0.15, 0.2) is 0 Å². The minimum atomic E-state index is 0.426. The summed E-state index contributed by atoms with van der Waals surface area (Å²) in [7, 11) is 1.77. The van der Waals surface area contributed by atoms with Gasteiger partial charge in [0.25, 0.3) is 0 Å². The Hall–Kier alpha value is -1.84. The van der Waals surface area contributed by atoms with Gasteiger partial charge >= 0.3 is 0 Å². The van der Waals surface area contributed by atoms with Gasteiger partial charge in [0.2, 0.25) is 0 Å². The summed E-state index contributed by atoms with van der Waals surface area (Å²) in [6, 6.07) is 18.7. The normalized spacial score (nSPS) is 16.8. The fourth-order valence-electron chi connectivity index (χ4n) is 3.69. The summed E-state index contributed by atoms with van der Waals surface area (Å²) >= 11 is 0. The molecule has 3 nitrogen and oxygen atoms in total. The molecular formula is C22H30N2O. The molecule has 1 saturated heterocycles. The van der Waals surface area contributed by atoms with Crippen molar-refractivity contribution < 1.29 is 4.74 Å². The topological polar surface area (TPSA) is 24.5 Å². The van der Waals surface area contributed by atoms with Crippen molar-refractivity contribution in [2.24, 2.45) is 0 Å². The average molecular weight is 338 g/mol. The number of hydrogen-bond donors (Lipinski definition) is 1. The molecule has 1 heterocycles. The van der Waals surface area contributed by atoms with Crippen LogP contribution >= 0.6 is 0 Å². The number of methoxy groups -OCH3 is 1. The first-order valence-electron chi connectivity index (χ1n) is 9.33. The van der Waals surface area contributed by atoms with Crippen molar-refractivity contribution in [2.75, 3.05) is 31.7 Å². The SMILES string of the molecule is COC[C@H](C)NC1CCN(c2ccc(-c3cccc(C)c3)cc2)CC1. The van der Waals surface area contributed by atoms with Gasteiger partial charge in [0.1, 0.15) is 0 Å². The number of aryl methyl sites for hydroxylation is 1. The number of anilines is 1. The molecule has 1 N–H and O–H groups in total. The van der Waals surface area contributed by atoms with E-state index in [2.05, 4.69) is 72.6 Å². The summed E-state index contributed by atoms with van der Waals surface area (Å²) in [6.45, 7) is 7.34. The molecule has 0 amide bonds. The summed E-state index contributed by atoms with van der Waals surface area (Å²) in [5, 5.41) is 3.68. The molecule has 1 atom stereocenters. The zero-order valence-corrected chi connectivity index (χ0v) is 15.7. The standard InChI is InChI=1S/C22H30N2O/c1-17-5-4-6-20(15-17)19-7-9-22(10-8-19)24-13-11-21(12-14-24)23-18(2)16-25-3/h4-10,15,18,21,23H,11-14,16H2,1-3H3/t18-/m0/s1. The lowest BCUT2D eigenvalue weighted by Gasteiger charge is -2.35. The number of nitrogens with zero attached hydrogens (tertiary/aromatic N) is 1. The van der Waals surface area contributed by atoms with Crippen LogP contribution in [-0.2, 0) is 4.74 Å². The first kappa shape index (κ1) is 18.0. The summed E-state index contributed by atoms with van der Waals surface area (Å²) in [5.74, 6) is 0. The summed E-state index contributed by atoms with van der Waals surface area (Å²) < 4.78 is 5.22. The van der Waals surface area contributed by atoms with E-state index in [1.165, 1.54) is 35.2 Å².